The van der Waals surface area contributed by atoms with E-state index in [9.17, 15) is 0 Å². The predicted molar refractivity (Wildman–Crippen MR) is 78.4 cm³/mol. The summed E-state index contributed by atoms with van der Waals surface area (Å²) in [6.45, 7) is 4.66. The van der Waals surface area contributed by atoms with Crippen LogP contribution in [0.4, 0.5) is 5.69 Å². The van der Waals surface area contributed by atoms with Crippen LogP contribution in [0.1, 0.15) is 17.6 Å². The molecule has 5 heteroatoms. The molecule has 96 valence electrons. The second kappa shape index (κ2) is 6.11. The summed E-state index contributed by atoms with van der Waals surface area (Å²) in [6, 6.07) is 5.78. The minimum Gasteiger partial charge on any atom is -0.494 e. The molecule has 2 aromatic rings. The second-order valence-electron chi connectivity index (χ2n) is 3.78. The van der Waals surface area contributed by atoms with E-state index in [2.05, 4.69) is 10.4 Å². The van der Waals surface area contributed by atoms with Gasteiger partial charge >= 0.3 is 0 Å². The van der Waals surface area contributed by atoms with Crippen LogP contribution in [0, 0.1) is 6.92 Å². The highest BCUT2D eigenvalue weighted by Crippen LogP contribution is 2.31. The van der Waals surface area contributed by atoms with E-state index in [0.717, 1.165) is 32.8 Å². The van der Waals surface area contributed by atoms with Crippen molar-refractivity contribution in [2.75, 3.05) is 12.3 Å². The Morgan fingerprint density at radius 2 is 2.28 bits per heavy atom. The Morgan fingerprint density at radius 3 is 2.94 bits per heavy atom. The number of thioether (sulfide) groups is 1. The molecule has 0 unspecified atom stereocenters. The van der Waals surface area contributed by atoms with Gasteiger partial charge in [0.15, 0.2) is 0 Å². The quantitative estimate of drug-likeness (QED) is 0.670. The van der Waals surface area contributed by atoms with Crippen molar-refractivity contribution < 1.29 is 4.74 Å². The Hall–Kier alpha value is -1.20. The Morgan fingerprint density at radius 1 is 1.44 bits per heavy atom. The number of aromatic nitrogens is 1. The van der Waals surface area contributed by atoms with Crippen molar-refractivity contribution in [1.29, 1.82) is 0 Å². The van der Waals surface area contributed by atoms with Gasteiger partial charge in [0, 0.05) is 21.7 Å². The summed E-state index contributed by atoms with van der Waals surface area (Å²) in [4.78, 5) is 5.49. The third-order valence-corrected chi connectivity index (χ3v) is 4.27. The maximum atomic E-state index is 5.96. The lowest BCUT2D eigenvalue weighted by Gasteiger charge is -2.08. The van der Waals surface area contributed by atoms with E-state index in [0.29, 0.717) is 6.61 Å². The van der Waals surface area contributed by atoms with Crippen molar-refractivity contribution in [3.8, 4) is 5.75 Å². The third-order valence-electron chi connectivity index (χ3n) is 2.34. The van der Waals surface area contributed by atoms with Crippen LogP contribution in [-0.2, 0) is 5.75 Å². The SMILES string of the molecule is CCOc1ccc(N)c(SCc2csc(C)n2)c1. The molecule has 1 heterocycles. The molecule has 1 aromatic carbocycles. The number of rotatable bonds is 5. The zero-order valence-electron chi connectivity index (χ0n) is 10.5. The fourth-order valence-electron chi connectivity index (χ4n) is 1.52. The van der Waals surface area contributed by atoms with Gasteiger partial charge in [0.1, 0.15) is 5.75 Å². The van der Waals surface area contributed by atoms with Crippen molar-refractivity contribution in [1.82, 2.24) is 4.98 Å². The van der Waals surface area contributed by atoms with Crippen LogP contribution in [0.2, 0.25) is 0 Å². The van der Waals surface area contributed by atoms with Crippen LogP contribution in [0.3, 0.4) is 0 Å². The summed E-state index contributed by atoms with van der Waals surface area (Å²) in [5.41, 5.74) is 7.85. The van der Waals surface area contributed by atoms with E-state index in [1.54, 1.807) is 23.1 Å². The van der Waals surface area contributed by atoms with E-state index in [1.165, 1.54) is 0 Å². The van der Waals surface area contributed by atoms with Gasteiger partial charge in [0.25, 0.3) is 0 Å². The normalized spacial score (nSPS) is 10.6. The van der Waals surface area contributed by atoms with E-state index in [-0.39, 0.29) is 0 Å². The summed E-state index contributed by atoms with van der Waals surface area (Å²) in [5, 5.41) is 3.19. The van der Waals surface area contributed by atoms with Gasteiger partial charge in [-0.15, -0.1) is 23.1 Å². The van der Waals surface area contributed by atoms with Crippen LogP contribution in [0.25, 0.3) is 0 Å². The highest BCUT2D eigenvalue weighted by Gasteiger charge is 2.05. The number of aryl methyl sites for hydroxylation is 1. The molecule has 1 aromatic heterocycles. The molecule has 2 N–H and O–H groups in total. The fraction of sp³-hybridized carbons (Fsp3) is 0.308. The van der Waals surface area contributed by atoms with Gasteiger partial charge in [-0.05, 0) is 32.0 Å². The molecule has 0 fully saturated rings. The van der Waals surface area contributed by atoms with Gasteiger partial charge in [-0.1, -0.05) is 0 Å². The molecule has 0 atom stereocenters. The summed E-state index contributed by atoms with van der Waals surface area (Å²) in [6.07, 6.45) is 0. The molecule has 0 spiro atoms. The Kier molecular flexibility index (Phi) is 4.49. The van der Waals surface area contributed by atoms with Gasteiger partial charge in [-0.3, -0.25) is 0 Å². The van der Waals surface area contributed by atoms with E-state index in [4.69, 9.17) is 10.5 Å². The van der Waals surface area contributed by atoms with E-state index >= 15 is 0 Å². The number of benzene rings is 1. The number of nitrogens with two attached hydrogens (primary N) is 1. The number of ether oxygens (including phenoxy) is 1. The van der Waals surface area contributed by atoms with Crippen molar-refractivity contribution in [2.45, 2.75) is 24.5 Å². The van der Waals surface area contributed by atoms with Crippen LogP contribution in [0.15, 0.2) is 28.5 Å². The Labute approximate surface area is 115 Å². The van der Waals surface area contributed by atoms with Gasteiger partial charge in [0.2, 0.25) is 0 Å². The average molecular weight is 280 g/mol. The molecule has 0 bridgehead atoms. The Balaban J connectivity index is 2.05. The molecule has 0 saturated heterocycles. The number of nitrogens with zero attached hydrogens (tertiary/aromatic N) is 1. The molecule has 18 heavy (non-hydrogen) atoms. The maximum absolute atomic E-state index is 5.96. The summed E-state index contributed by atoms with van der Waals surface area (Å²) in [5.74, 6) is 1.70. The molecule has 0 aliphatic carbocycles. The first-order chi connectivity index (χ1) is 8.69. The smallest absolute Gasteiger partial charge is 0.120 e. The van der Waals surface area contributed by atoms with Gasteiger partial charge in [-0.2, -0.15) is 0 Å². The van der Waals surface area contributed by atoms with Gasteiger partial charge < -0.3 is 10.5 Å². The lowest BCUT2D eigenvalue weighted by Crippen LogP contribution is -1.94. The van der Waals surface area contributed by atoms with Gasteiger partial charge in [-0.25, -0.2) is 4.98 Å². The highest BCUT2D eigenvalue weighted by atomic mass is 32.2. The fourth-order valence-corrected chi connectivity index (χ4v) is 3.13. The molecule has 0 amide bonds. The van der Waals surface area contributed by atoms with Crippen LogP contribution < -0.4 is 10.5 Å². The van der Waals surface area contributed by atoms with Gasteiger partial charge in [0.05, 0.1) is 17.3 Å². The summed E-state index contributed by atoms with van der Waals surface area (Å²) >= 11 is 3.37. The zero-order chi connectivity index (χ0) is 13.0. The summed E-state index contributed by atoms with van der Waals surface area (Å²) in [7, 11) is 0. The second-order valence-corrected chi connectivity index (χ2v) is 5.86. The van der Waals surface area contributed by atoms with Crippen LogP contribution in [0.5, 0.6) is 5.75 Å². The van der Waals surface area contributed by atoms with E-state index < -0.39 is 0 Å². The standard InChI is InChI=1S/C13H16N2OS2/c1-3-16-11-4-5-12(14)13(6-11)18-8-10-7-17-9(2)15-10/h4-7H,3,8,14H2,1-2H3. The number of hydrogen-bond acceptors (Lipinski definition) is 5. The lowest BCUT2D eigenvalue weighted by atomic mass is 10.3. The Bertz CT molecular complexity index is 525. The minimum atomic E-state index is 0.666. The van der Waals surface area contributed by atoms with E-state index in [1.807, 2.05) is 32.0 Å². The number of hydrogen-bond donors (Lipinski definition) is 1. The molecular formula is C13H16N2OS2. The first kappa shape index (κ1) is 13.2. The average Bonchev–Trinajstić information content (AvgIpc) is 2.76. The first-order valence-corrected chi connectivity index (χ1v) is 7.61. The predicted octanol–water partition coefficient (Wildman–Crippen LogP) is 3.72. The first-order valence-electron chi connectivity index (χ1n) is 5.75. The highest BCUT2D eigenvalue weighted by molar-refractivity contribution is 7.98. The van der Waals surface area contributed by atoms with Crippen molar-refractivity contribution >= 4 is 28.8 Å². The number of thiazole rings is 1. The number of anilines is 1. The lowest BCUT2D eigenvalue weighted by molar-refractivity contribution is 0.339. The molecule has 2 rings (SSSR count). The third kappa shape index (κ3) is 3.40. The molecule has 0 saturated carbocycles. The topological polar surface area (TPSA) is 48.1 Å². The molecule has 0 aliphatic rings. The van der Waals surface area contributed by atoms with Crippen molar-refractivity contribution in [2.24, 2.45) is 0 Å². The molecule has 0 aliphatic heterocycles. The number of nitrogen functional groups attached to an aromatic ring is 1. The molecule has 3 nitrogen and oxygen atoms in total. The molecule has 0 radical (unpaired) electrons. The van der Waals surface area contributed by atoms with Crippen LogP contribution in [-0.4, -0.2) is 11.6 Å². The van der Waals surface area contributed by atoms with Crippen molar-refractivity contribution in [3.63, 3.8) is 0 Å². The zero-order valence-corrected chi connectivity index (χ0v) is 12.1. The monoisotopic (exact) mass is 280 g/mol. The summed E-state index contributed by atoms with van der Waals surface area (Å²) < 4.78 is 5.48. The minimum absolute atomic E-state index is 0.666. The van der Waals surface area contributed by atoms with Crippen LogP contribution >= 0.6 is 23.1 Å². The molecular weight excluding hydrogens is 264 g/mol. The van der Waals surface area contributed by atoms with Crippen molar-refractivity contribution in [3.05, 3.63) is 34.3 Å². The maximum Gasteiger partial charge on any atom is 0.120 e. The largest absolute Gasteiger partial charge is 0.494 e.